The Labute approximate surface area is 108 Å². The van der Waals surface area contributed by atoms with Crippen molar-refractivity contribution >= 4 is 28.7 Å². The number of nitrogens with zero attached hydrogens (tertiary/aromatic N) is 1. The van der Waals surface area contributed by atoms with E-state index < -0.39 is 0 Å². The molecule has 0 bridgehead atoms. The number of aliphatic imine (C=N–C) groups is 1. The maximum atomic E-state index is 4.55. The van der Waals surface area contributed by atoms with Crippen LogP contribution in [0.3, 0.4) is 0 Å². The molecule has 1 aliphatic rings. The predicted molar refractivity (Wildman–Crippen MR) is 78.7 cm³/mol. The molecule has 0 aromatic carbocycles. The average molecular weight is 260 g/mol. The van der Waals surface area contributed by atoms with Gasteiger partial charge in [0.2, 0.25) is 0 Å². The van der Waals surface area contributed by atoms with E-state index in [2.05, 4.69) is 37.3 Å². The zero-order valence-corrected chi connectivity index (χ0v) is 12.5. The molecule has 1 aliphatic heterocycles. The van der Waals surface area contributed by atoms with E-state index >= 15 is 0 Å². The van der Waals surface area contributed by atoms with E-state index in [1.54, 1.807) is 0 Å². The van der Waals surface area contributed by atoms with Crippen LogP contribution in [0.2, 0.25) is 0 Å². The van der Waals surface area contributed by atoms with E-state index in [0.29, 0.717) is 5.25 Å². The number of thioether (sulfide) groups is 2. The first-order valence-electron chi connectivity index (χ1n) is 6.09. The highest BCUT2D eigenvalue weighted by molar-refractivity contribution is 8.14. The summed E-state index contributed by atoms with van der Waals surface area (Å²) in [6.45, 7) is 8.90. The third-order valence-electron chi connectivity index (χ3n) is 2.68. The van der Waals surface area contributed by atoms with Gasteiger partial charge in [0.1, 0.15) is 0 Å². The third-order valence-corrected chi connectivity index (χ3v) is 4.89. The van der Waals surface area contributed by atoms with E-state index in [-0.39, 0.29) is 0 Å². The van der Waals surface area contributed by atoms with Gasteiger partial charge in [-0.05, 0) is 25.0 Å². The molecular formula is C12H24N2S2. The Hall–Kier alpha value is 0.170. The van der Waals surface area contributed by atoms with Crippen LogP contribution in [-0.2, 0) is 0 Å². The van der Waals surface area contributed by atoms with Gasteiger partial charge in [0.15, 0.2) is 5.17 Å². The molecule has 16 heavy (non-hydrogen) atoms. The van der Waals surface area contributed by atoms with Gasteiger partial charge in [0.25, 0.3) is 0 Å². The van der Waals surface area contributed by atoms with E-state index in [0.717, 1.165) is 24.3 Å². The van der Waals surface area contributed by atoms with Gasteiger partial charge in [-0.25, -0.2) is 0 Å². The highest BCUT2D eigenvalue weighted by Gasteiger charge is 2.20. The number of hydrogen-bond acceptors (Lipinski definition) is 4. The molecular weight excluding hydrogens is 236 g/mol. The van der Waals surface area contributed by atoms with Crippen LogP contribution in [0.25, 0.3) is 0 Å². The zero-order valence-electron chi connectivity index (χ0n) is 10.8. The molecule has 0 amide bonds. The van der Waals surface area contributed by atoms with Gasteiger partial charge < -0.3 is 5.32 Å². The standard InChI is InChI=1S/C12H24N2S2/c1-9(2)7-11-8-14-12(16-11)13-6-5-10(3)15-4/h9-11H,5-8H2,1-4H3,(H,13,14). The van der Waals surface area contributed by atoms with Crippen molar-refractivity contribution in [2.75, 3.05) is 19.3 Å². The average Bonchev–Trinajstić information content (AvgIpc) is 2.64. The quantitative estimate of drug-likeness (QED) is 0.793. The van der Waals surface area contributed by atoms with Crippen molar-refractivity contribution in [1.29, 1.82) is 0 Å². The van der Waals surface area contributed by atoms with Gasteiger partial charge in [-0.2, -0.15) is 11.8 Å². The fourth-order valence-electron chi connectivity index (χ4n) is 1.66. The zero-order chi connectivity index (χ0) is 12.0. The van der Waals surface area contributed by atoms with Gasteiger partial charge >= 0.3 is 0 Å². The second kappa shape index (κ2) is 7.49. The first kappa shape index (κ1) is 14.2. The van der Waals surface area contributed by atoms with Crippen molar-refractivity contribution in [3.63, 3.8) is 0 Å². The Morgan fingerprint density at radius 1 is 1.50 bits per heavy atom. The number of rotatable bonds is 6. The fraction of sp³-hybridized carbons (Fsp3) is 0.917. The molecule has 1 N–H and O–H groups in total. The van der Waals surface area contributed by atoms with E-state index in [1.165, 1.54) is 18.0 Å². The van der Waals surface area contributed by atoms with Gasteiger partial charge in [-0.15, -0.1) is 0 Å². The Morgan fingerprint density at radius 2 is 2.25 bits per heavy atom. The minimum absolute atomic E-state index is 0.709. The van der Waals surface area contributed by atoms with Crippen LogP contribution in [0.15, 0.2) is 4.99 Å². The maximum absolute atomic E-state index is 4.55. The van der Waals surface area contributed by atoms with Crippen LogP contribution in [0.4, 0.5) is 0 Å². The molecule has 0 spiro atoms. The lowest BCUT2D eigenvalue weighted by Gasteiger charge is -2.12. The van der Waals surface area contributed by atoms with Crippen molar-refractivity contribution < 1.29 is 0 Å². The Bertz CT molecular complexity index is 229. The molecule has 2 unspecified atom stereocenters. The SMILES string of the molecule is CSC(C)CCNC1=NCC(CC(C)C)S1. The summed E-state index contributed by atoms with van der Waals surface area (Å²) >= 11 is 3.86. The lowest BCUT2D eigenvalue weighted by molar-refractivity contribution is 0.575. The molecule has 94 valence electrons. The third kappa shape index (κ3) is 5.48. The highest BCUT2D eigenvalue weighted by Crippen LogP contribution is 2.25. The van der Waals surface area contributed by atoms with Crippen LogP contribution in [-0.4, -0.2) is 35.0 Å². The lowest BCUT2D eigenvalue weighted by Crippen LogP contribution is -2.22. The first-order chi connectivity index (χ1) is 7.61. The summed E-state index contributed by atoms with van der Waals surface area (Å²) < 4.78 is 0. The molecule has 2 atom stereocenters. The minimum atomic E-state index is 0.709. The van der Waals surface area contributed by atoms with E-state index in [1.807, 2.05) is 23.5 Å². The molecule has 2 nitrogen and oxygen atoms in total. The van der Waals surface area contributed by atoms with Crippen LogP contribution in [0.1, 0.15) is 33.6 Å². The number of amidine groups is 1. The van der Waals surface area contributed by atoms with Gasteiger partial charge in [-0.3, -0.25) is 4.99 Å². The summed E-state index contributed by atoms with van der Waals surface area (Å²) in [6, 6.07) is 0. The lowest BCUT2D eigenvalue weighted by atomic mass is 10.1. The summed E-state index contributed by atoms with van der Waals surface area (Å²) in [5.74, 6) is 0.781. The summed E-state index contributed by atoms with van der Waals surface area (Å²) in [5.41, 5.74) is 0. The normalized spacial score (nSPS) is 22.3. The molecule has 1 rings (SSSR count). The molecule has 0 saturated carbocycles. The monoisotopic (exact) mass is 260 g/mol. The van der Waals surface area contributed by atoms with Crippen molar-refractivity contribution in [3.05, 3.63) is 0 Å². The van der Waals surface area contributed by atoms with Crippen molar-refractivity contribution in [2.45, 2.75) is 44.1 Å². The molecule has 0 aromatic rings. The molecule has 4 heteroatoms. The first-order valence-corrected chi connectivity index (χ1v) is 8.26. The number of hydrogen-bond donors (Lipinski definition) is 1. The largest absolute Gasteiger partial charge is 0.365 e. The molecule has 0 aromatic heterocycles. The highest BCUT2D eigenvalue weighted by atomic mass is 32.2. The van der Waals surface area contributed by atoms with E-state index in [9.17, 15) is 0 Å². The van der Waals surface area contributed by atoms with Crippen LogP contribution in [0, 0.1) is 5.92 Å². The van der Waals surface area contributed by atoms with Crippen molar-refractivity contribution in [2.24, 2.45) is 10.9 Å². The topological polar surface area (TPSA) is 24.4 Å². The second-order valence-corrected chi connectivity index (χ2v) is 7.34. The Morgan fingerprint density at radius 3 is 2.88 bits per heavy atom. The van der Waals surface area contributed by atoms with Crippen molar-refractivity contribution in [3.8, 4) is 0 Å². The maximum Gasteiger partial charge on any atom is 0.156 e. The van der Waals surface area contributed by atoms with Crippen LogP contribution < -0.4 is 5.32 Å². The van der Waals surface area contributed by atoms with Crippen LogP contribution >= 0.6 is 23.5 Å². The summed E-state index contributed by atoms with van der Waals surface area (Å²) in [6.07, 6.45) is 4.67. The molecule has 0 radical (unpaired) electrons. The summed E-state index contributed by atoms with van der Waals surface area (Å²) in [4.78, 5) is 4.55. The second-order valence-electron chi connectivity index (χ2n) is 4.78. The Kier molecular flexibility index (Phi) is 6.66. The fourth-order valence-corrected chi connectivity index (χ4v) is 3.30. The minimum Gasteiger partial charge on any atom is -0.365 e. The van der Waals surface area contributed by atoms with Crippen LogP contribution in [0.5, 0.6) is 0 Å². The molecule has 0 fully saturated rings. The smallest absolute Gasteiger partial charge is 0.156 e. The predicted octanol–water partition coefficient (Wildman–Crippen LogP) is 3.24. The van der Waals surface area contributed by atoms with E-state index in [4.69, 9.17) is 0 Å². The van der Waals surface area contributed by atoms with Gasteiger partial charge in [-0.1, -0.05) is 32.5 Å². The van der Waals surface area contributed by atoms with Gasteiger partial charge in [0, 0.05) is 17.0 Å². The molecule has 1 heterocycles. The van der Waals surface area contributed by atoms with Gasteiger partial charge in [0.05, 0.1) is 6.54 Å². The summed E-state index contributed by atoms with van der Waals surface area (Å²) in [7, 11) is 0. The summed E-state index contributed by atoms with van der Waals surface area (Å²) in [5, 5.41) is 6.07. The number of nitrogens with one attached hydrogen (secondary N) is 1. The van der Waals surface area contributed by atoms with Crippen molar-refractivity contribution in [1.82, 2.24) is 5.32 Å². The molecule has 0 saturated heterocycles. The Balaban J connectivity index is 2.11. The molecule has 0 aliphatic carbocycles.